The van der Waals surface area contributed by atoms with Crippen molar-refractivity contribution in [3.8, 4) is 6.07 Å². The fourth-order valence-corrected chi connectivity index (χ4v) is 4.30. The minimum Gasteiger partial charge on any atom is -0.360 e. The minimum absolute atomic E-state index is 0.361. The highest BCUT2D eigenvalue weighted by Crippen LogP contribution is 2.34. The summed E-state index contributed by atoms with van der Waals surface area (Å²) < 4.78 is 4.36. The van der Waals surface area contributed by atoms with E-state index in [1.165, 1.54) is 17.1 Å². The zero-order valence-corrected chi connectivity index (χ0v) is 14.7. The van der Waals surface area contributed by atoms with E-state index in [4.69, 9.17) is 4.98 Å². The smallest absolute Gasteiger partial charge is 0.130 e. The van der Waals surface area contributed by atoms with Crippen molar-refractivity contribution >= 4 is 27.6 Å². The Morgan fingerprint density at radius 2 is 2.25 bits per heavy atom. The van der Waals surface area contributed by atoms with Crippen LogP contribution >= 0.6 is 11.5 Å². The van der Waals surface area contributed by atoms with Gasteiger partial charge in [-0.05, 0) is 55.9 Å². The first kappa shape index (κ1) is 15.2. The number of anilines is 1. The summed E-state index contributed by atoms with van der Waals surface area (Å²) in [4.78, 5) is 10.6. The third-order valence-electron chi connectivity index (χ3n) is 4.71. The standard InChI is InChI=1S/C18H19N5S/c1-11-5-6-15-16(8-11)21-17(20-15)13-4-3-7-23(10-13)18-14(9-19)12(2)22-24-18/h5-6,8,13H,3-4,7,10H2,1-2H3,(H,20,21). The molecule has 122 valence electrons. The molecule has 0 saturated carbocycles. The Morgan fingerprint density at radius 1 is 1.38 bits per heavy atom. The van der Waals surface area contributed by atoms with Crippen molar-refractivity contribution in [2.75, 3.05) is 18.0 Å². The molecule has 1 unspecified atom stereocenters. The van der Waals surface area contributed by atoms with Crippen LogP contribution in [-0.2, 0) is 0 Å². The van der Waals surface area contributed by atoms with Crippen LogP contribution in [0.4, 0.5) is 5.00 Å². The molecule has 3 heterocycles. The number of aryl methyl sites for hydroxylation is 2. The molecule has 24 heavy (non-hydrogen) atoms. The molecule has 0 aliphatic carbocycles. The van der Waals surface area contributed by atoms with E-state index in [0.29, 0.717) is 5.92 Å². The average Bonchev–Trinajstić information content (AvgIpc) is 3.17. The zero-order chi connectivity index (χ0) is 16.7. The topological polar surface area (TPSA) is 68.6 Å². The van der Waals surface area contributed by atoms with Gasteiger partial charge in [0.05, 0.1) is 16.7 Å². The fourth-order valence-electron chi connectivity index (χ4n) is 3.42. The molecule has 1 aliphatic heterocycles. The first-order chi connectivity index (χ1) is 11.7. The molecule has 1 saturated heterocycles. The first-order valence-electron chi connectivity index (χ1n) is 8.23. The van der Waals surface area contributed by atoms with E-state index in [2.05, 4.69) is 45.4 Å². The molecule has 2 aromatic heterocycles. The Hall–Kier alpha value is -2.39. The predicted octanol–water partition coefficient (Wildman–Crippen LogP) is 3.89. The molecule has 6 heteroatoms. The van der Waals surface area contributed by atoms with Crippen LogP contribution in [0.15, 0.2) is 18.2 Å². The van der Waals surface area contributed by atoms with Gasteiger partial charge in [0, 0.05) is 19.0 Å². The van der Waals surface area contributed by atoms with Gasteiger partial charge in [0.25, 0.3) is 0 Å². The molecule has 0 amide bonds. The highest BCUT2D eigenvalue weighted by Gasteiger charge is 2.27. The van der Waals surface area contributed by atoms with E-state index in [1.807, 2.05) is 6.92 Å². The second-order valence-corrected chi connectivity index (χ2v) is 7.24. The number of imidazole rings is 1. The highest BCUT2D eigenvalue weighted by atomic mass is 32.1. The van der Waals surface area contributed by atoms with Crippen molar-refractivity contribution in [3.63, 3.8) is 0 Å². The lowest BCUT2D eigenvalue weighted by molar-refractivity contribution is 0.497. The van der Waals surface area contributed by atoms with Crippen LogP contribution < -0.4 is 4.90 Å². The number of hydrogen-bond donors (Lipinski definition) is 1. The molecule has 1 aliphatic rings. The number of nitrogens with zero attached hydrogens (tertiary/aromatic N) is 4. The summed E-state index contributed by atoms with van der Waals surface area (Å²) in [6.45, 7) is 5.86. The number of fused-ring (bicyclic) bond motifs is 1. The largest absolute Gasteiger partial charge is 0.360 e. The maximum atomic E-state index is 9.39. The molecule has 1 N–H and O–H groups in total. The molecule has 0 radical (unpaired) electrons. The Kier molecular flexibility index (Phi) is 3.73. The number of aromatic nitrogens is 3. The SMILES string of the molecule is Cc1ccc2nc(C3CCCN(c4snc(C)c4C#N)C3)[nH]c2c1. The van der Waals surface area contributed by atoms with Gasteiger partial charge in [-0.25, -0.2) is 4.98 Å². The van der Waals surface area contributed by atoms with Crippen molar-refractivity contribution in [3.05, 3.63) is 40.8 Å². The third kappa shape index (κ3) is 2.55. The van der Waals surface area contributed by atoms with Gasteiger partial charge in [0.2, 0.25) is 0 Å². The molecule has 5 nitrogen and oxygen atoms in total. The van der Waals surface area contributed by atoms with E-state index in [1.54, 1.807) is 0 Å². The minimum atomic E-state index is 0.361. The Morgan fingerprint density at radius 3 is 3.08 bits per heavy atom. The van der Waals surface area contributed by atoms with E-state index >= 15 is 0 Å². The number of nitrogens with one attached hydrogen (secondary N) is 1. The summed E-state index contributed by atoms with van der Waals surface area (Å²) in [5, 5.41) is 10.4. The normalized spacial score (nSPS) is 18.0. The molecule has 4 rings (SSSR count). The summed E-state index contributed by atoms with van der Waals surface area (Å²) in [7, 11) is 0. The molecular weight excluding hydrogens is 318 g/mol. The zero-order valence-electron chi connectivity index (χ0n) is 13.8. The summed E-state index contributed by atoms with van der Waals surface area (Å²) in [5.41, 5.74) is 4.93. The summed E-state index contributed by atoms with van der Waals surface area (Å²) in [6, 6.07) is 8.62. The van der Waals surface area contributed by atoms with Crippen molar-refractivity contribution in [1.82, 2.24) is 14.3 Å². The van der Waals surface area contributed by atoms with Crippen LogP contribution in [0, 0.1) is 25.2 Å². The van der Waals surface area contributed by atoms with E-state index in [9.17, 15) is 5.26 Å². The van der Waals surface area contributed by atoms with Gasteiger partial charge in [0.15, 0.2) is 0 Å². The van der Waals surface area contributed by atoms with Crippen molar-refractivity contribution in [2.24, 2.45) is 0 Å². The molecule has 0 bridgehead atoms. The van der Waals surface area contributed by atoms with Crippen LogP contribution in [0.25, 0.3) is 11.0 Å². The number of nitriles is 1. The second-order valence-electron chi connectivity index (χ2n) is 6.49. The van der Waals surface area contributed by atoms with Crippen LogP contribution in [0.1, 0.15) is 41.4 Å². The Labute approximate surface area is 145 Å². The maximum Gasteiger partial charge on any atom is 0.130 e. The monoisotopic (exact) mass is 337 g/mol. The van der Waals surface area contributed by atoms with Gasteiger partial charge < -0.3 is 9.88 Å². The van der Waals surface area contributed by atoms with Gasteiger partial charge in [-0.3, -0.25) is 0 Å². The predicted molar refractivity (Wildman–Crippen MR) is 96.6 cm³/mol. The highest BCUT2D eigenvalue weighted by molar-refractivity contribution is 7.10. The molecule has 1 atom stereocenters. The summed E-state index contributed by atoms with van der Waals surface area (Å²) >= 11 is 1.43. The van der Waals surface area contributed by atoms with E-state index in [-0.39, 0.29) is 0 Å². The second kappa shape index (κ2) is 5.91. The summed E-state index contributed by atoms with van der Waals surface area (Å²) in [5.74, 6) is 1.42. The van der Waals surface area contributed by atoms with Gasteiger partial charge >= 0.3 is 0 Å². The Balaban J connectivity index is 1.63. The number of aromatic amines is 1. The third-order valence-corrected chi connectivity index (χ3v) is 5.71. The number of benzene rings is 1. The molecule has 3 aromatic rings. The quantitative estimate of drug-likeness (QED) is 0.770. The first-order valence-corrected chi connectivity index (χ1v) is 9.00. The number of rotatable bonds is 2. The van der Waals surface area contributed by atoms with E-state index in [0.717, 1.165) is 59.0 Å². The number of piperidine rings is 1. The summed E-state index contributed by atoms with van der Waals surface area (Å²) in [6.07, 6.45) is 2.22. The van der Waals surface area contributed by atoms with Crippen molar-refractivity contribution in [2.45, 2.75) is 32.6 Å². The lowest BCUT2D eigenvalue weighted by Gasteiger charge is -2.32. The lowest BCUT2D eigenvalue weighted by atomic mass is 9.97. The number of hydrogen-bond acceptors (Lipinski definition) is 5. The van der Waals surface area contributed by atoms with Crippen LogP contribution in [-0.4, -0.2) is 27.4 Å². The van der Waals surface area contributed by atoms with Gasteiger partial charge in [-0.15, -0.1) is 0 Å². The van der Waals surface area contributed by atoms with E-state index < -0.39 is 0 Å². The van der Waals surface area contributed by atoms with Crippen LogP contribution in [0.2, 0.25) is 0 Å². The average molecular weight is 337 g/mol. The molecule has 1 aromatic carbocycles. The molecular formula is C18H19N5S. The van der Waals surface area contributed by atoms with Crippen molar-refractivity contribution in [1.29, 1.82) is 5.26 Å². The number of H-pyrrole nitrogens is 1. The molecule has 0 spiro atoms. The fraction of sp³-hybridized carbons (Fsp3) is 0.389. The van der Waals surface area contributed by atoms with Crippen molar-refractivity contribution < 1.29 is 0 Å². The van der Waals surface area contributed by atoms with Gasteiger partial charge in [-0.1, -0.05) is 6.07 Å². The molecule has 1 fully saturated rings. The van der Waals surface area contributed by atoms with Crippen LogP contribution in [0.3, 0.4) is 0 Å². The van der Waals surface area contributed by atoms with Gasteiger partial charge in [-0.2, -0.15) is 9.64 Å². The van der Waals surface area contributed by atoms with Gasteiger partial charge in [0.1, 0.15) is 22.5 Å². The lowest BCUT2D eigenvalue weighted by Crippen LogP contribution is -2.34. The Bertz CT molecular complexity index is 933. The maximum absolute atomic E-state index is 9.39. The van der Waals surface area contributed by atoms with Crippen LogP contribution in [0.5, 0.6) is 0 Å².